The van der Waals surface area contributed by atoms with Crippen LogP contribution in [0.5, 0.6) is 0 Å². The average molecular weight is 202 g/mol. The summed E-state index contributed by atoms with van der Waals surface area (Å²) in [4.78, 5) is 23.4. The normalized spacial score (nSPS) is 12.0. The Bertz CT molecular complexity index is 202. The van der Waals surface area contributed by atoms with Crippen LogP contribution in [0.2, 0.25) is 0 Å². The molecule has 0 saturated heterocycles. The standard InChI is InChI=1S/C9H18N2O3/c1-4-8(6-12)10-9(14)5-11(3)7(2)13/h8,12H,4-6H2,1-3H3,(H,10,14)/t8-/m0/s1. The molecule has 0 saturated carbocycles. The molecule has 0 rings (SSSR count). The number of nitrogens with one attached hydrogen (secondary N) is 1. The molecule has 1 atom stereocenters. The predicted octanol–water partition coefficient (Wildman–Crippen LogP) is -0.648. The maximum Gasteiger partial charge on any atom is 0.239 e. The quantitative estimate of drug-likeness (QED) is 0.622. The van der Waals surface area contributed by atoms with E-state index in [1.54, 1.807) is 7.05 Å². The average Bonchev–Trinajstić information content (AvgIpc) is 2.13. The van der Waals surface area contributed by atoms with Gasteiger partial charge in [-0.3, -0.25) is 9.59 Å². The van der Waals surface area contributed by atoms with Crippen molar-refractivity contribution in [3.05, 3.63) is 0 Å². The maximum atomic E-state index is 11.3. The van der Waals surface area contributed by atoms with E-state index < -0.39 is 0 Å². The van der Waals surface area contributed by atoms with Crippen LogP contribution in [0.1, 0.15) is 20.3 Å². The first-order valence-corrected chi connectivity index (χ1v) is 4.63. The fourth-order valence-electron chi connectivity index (χ4n) is 0.877. The van der Waals surface area contributed by atoms with Gasteiger partial charge in [0.05, 0.1) is 19.2 Å². The molecule has 0 aromatic heterocycles. The van der Waals surface area contributed by atoms with E-state index in [1.807, 2.05) is 6.92 Å². The number of rotatable bonds is 5. The topological polar surface area (TPSA) is 69.6 Å². The highest BCUT2D eigenvalue weighted by Crippen LogP contribution is 1.90. The van der Waals surface area contributed by atoms with Crippen molar-refractivity contribution in [1.82, 2.24) is 10.2 Å². The fraction of sp³-hybridized carbons (Fsp3) is 0.778. The van der Waals surface area contributed by atoms with Gasteiger partial charge in [0.15, 0.2) is 0 Å². The largest absolute Gasteiger partial charge is 0.394 e. The first-order chi connectivity index (χ1) is 6.51. The molecule has 5 heteroatoms. The number of likely N-dealkylation sites (N-methyl/N-ethyl adjacent to an activating group) is 1. The van der Waals surface area contributed by atoms with Gasteiger partial charge in [-0.2, -0.15) is 0 Å². The molecule has 0 spiro atoms. The molecule has 5 nitrogen and oxygen atoms in total. The van der Waals surface area contributed by atoms with Crippen LogP contribution in [0.3, 0.4) is 0 Å². The van der Waals surface area contributed by atoms with Crippen molar-refractivity contribution >= 4 is 11.8 Å². The summed E-state index contributed by atoms with van der Waals surface area (Å²) in [6.45, 7) is 3.23. The van der Waals surface area contributed by atoms with Gasteiger partial charge in [-0.05, 0) is 6.42 Å². The monoisotopic (exact) mass is 202 g/mol. The van der Waals surface area contributed by atoms with Gasteiger partial charge in [0, 0.05) is 14.0 Å². The lowest BCUT2D eigenvalue weighted by molar-refractivity contribution is -0.133. The Labute approximate surface area is 84.1 Å². The molecule has 0 aromatic carbocycles. The summed E-state index contributed by atoms with van der Waals surface area (Å²) in [7, 11) is 1.56. The number of hydrogen-bond acceptors (Lipinski definition) is 3. The highest BCUT2D eigenvalue weighted by atomic mass is 16.3. The van der Waals surface area contributed by atoms with Gasteiger partial charge in [0.25, 0.3) is 0 Å². The number of carbonyl (C=O) groups is 2. The summed E-state index contributed by atoms with van der Waals surface area (Å²) < 4.78 is 0. The zero-order valence-electron chi connectivity index (χ0n) is 8.91. The molecular weight excluding hydrogens is 184 g/mol. The molecule has 14 heavy (non-hydrogen) atoms. The Morgan fingerprint density at radius 3 is 2.43 bits per heavy atom. The molecule has 0 aromatic rings. The molecule has 0 aliphatic rings. The number of aliphatic hydroxyl groups excluding tert-OH is 1. The molecule has 0 radical (unpaired) electrons. The summed E-state index contributed by atoms with van der Waals surface area (Å²) in [5.74, 6) is -0.402. The van der Waals surface area contributed by atoms with Crippen LogP contribution in [-0.4, -0.2) is 48.1 Å². The lowest BCUT2D eigenvalue weighted by Gasteiger charge is -2.18. The van der Waals surface area contributed by atoms with Crippen LogP contribution < -0.4 is 5.32 Å². The van der Waals surface area contributed by atoms with Gasteiger partial charge in [-0.1, -0.05) is 6.92 Å². The van der Waals surface area contributed by atoms with E-state index in [9.17, 15) is 9.59 Å². The molecule has 0 fully saturated rings. The third-order valence-electron chi connectivity index (χ3n) is 2.00. The van der Waals surface area contributed by atoms with E-state index in [0.717, 1.165) is 0 Å². The van der Waals surface area contributed by atoms with Crippen molar-refractivity contribution in [3.63, 3.8) is 0 Å². The lowest BCUT2D eigenvalue weighted by atomic mass is 10.2. The van der Waals surface area contributed by atoms with Crippen LogP contribution >= 0.6 is 0 Å². The first kappa shape index (κ1) is 12.9. The van der Waals surface area contributed by atoms with Crippen molar-refractivity contribution in [2.24, 2.45) is 0 Å². The minimum absolute atomic E-state index is 0.0336. The molecule has 82 valence electrons. The molecule has 0 heterocycles. The van der Waals surface area contributed by atoms with Crippen molar-refractivity contribution in [2.45, 2.75) is 26.3 Å². The number of amides is 2. The zero-order valence-corrected chi connectivity index (χ0v) is 8.91. The first-order valence-electron chi connectivity index (χ1n) is 4.63. The molecule has 2 N–H and O–H groups in total. The smallest absolute Gasteiger partial charge is 0.239 e. The van der Waals surface area contributed by atoms with Gasteiger partial charge in [-0.15, -0.1) is 0 Å². The van der Waals surface area contributed by atoms with E-state index in [1.165, 1.54) is 11.8 Å². The second-order valence-corrected chi connectivity index (χ2v) is 3.23. The molecule has 0 bridgehead atoms. The van der Waals surface area contributed by atoms with Gasteiger partial charge >= 0.3 is 0 Å². The van der Waals surface area contributed by atoms with Crippen molar-refractivity contribution in [2.75, 3.05) is 20.2 Å². The predicted molar refractivity (Wildman–Crippen MR) is 52.6 cm³/mol. The molecule has 2 amide bonds. The Kier molecular flexibility index (Phi) is 5.87. The highest BCUT2D eigenvalue weighted by Gasteiger charge is 2.12. The van der Waals surface area contributed by atoms with E-state index in [-0.39, 0.29) is 31.0 Å². The van der Waals surface area contributed by atoms with Crippen LogP contribution in [0, 0.1) is 0 Å². The number of aliphatic hydroxyl groups is 1. The summed E-state index contributed by atoms with van der Waals surface area (Å²) in [5, 5.41) is 11.4. The van der Waals surface area contributed by atoms with E-state index in [2.05, 4.69) is 5.32 Å². The molecule has 0 aliphatic heterocycles. The molecule has 0 unspecified atom stereocenters. The minimum atomic E-state index is -0.247. The Morgan fingerprint density at radius 2 is 2.07 bits per heavy atom. The third-order valence-corrected chi connectivity index (χ3v) is 2.00. The van der Waals surface area contributed by atoms with Gasteiger partial charge in [0.2, 0.25) is 11.8 Å². The van der Waals surface area contributed by atoms with E-state index in [0.29, 0.717) is 6.42 Å². The summed E-state index contributed by atoms with van der Waals surface area (Å²) in [5.41, 5.74) is 0. The fourth-order valence-corrected chi connectivity index (χ4v) is 0.877. The summed E-state index contributed by atoms with van der Waals surface area (Å²) in [6, 6.07) is -0.220. The second-order valence-electron chi connectivity index (χ2n) is 3.23. The van der Waals surface area contributed by atoms with Crippen LogP contribution in [0.15, 0.2) is 0 Å². The summed E-state index contributed by atoms with van der Waals surface area (Å²) in [6.07, 6.45) is 0.673. The van der Waals surface area contributed by atoms with Crippen molar-refractivity contribution < 1.29 is 14.7 Å². The Balaban J connectivity index is 3.91. The van der Waals surface area contributed by atoms with Crippen LogP contribution in [0.25, 0.3) is 0 Å². The van der Waals surface area contributed by atoms with Crippen molar-refractivity contribution in [3.8, 4) is 0 Å². The van der Waals surface area contributed by atoms with Gasteiger partial charge < -0.3 is 15.3 Å². The third kappa shape index (κ3) is 4.81. The Morgan fingerprint density at radius 1 is 1.50 bits per heavy atom. The number of hydrogen-bond donors (Lipinski definition) is 2. The number of nitrogens with zero attached hydrogens (tertiary/aromatic N) is 1. The Hall–Kier alpha value is -1.10. The lowest BCUT2D eigenvalue weighted by Crippen LogP contribution is -2.43. The SMILES string of the molecule is CC[C@@H](CO)NC(=O)CN(C)C(C)=O. The molecule has 0 aliphatic carbocycles. The summed E-state index contributed by atoms with van der Waals surface area (Å²) >= 11 is 0. The van der Waals surface area contributed by atoms with Crippen LogP contribution in [0.4, 0.5) is 0 Å². The van der Waals surface area contributed by atoms with Gasteiger partial charge in [0.1, 0.15) is 0 Å². The van der Waals surface area contributed by atoms with Crippen LogP contribution in [-0.2, 0) is 9.59 Å². The zero-order chi connectivity index (χ0) is 11.1. The minimum Gasteiger partial charge on any atom is -0.394 e. The number of carbonyl (C=O) groups excluding carboxylic acids is 2. The second kappa shape index (κ2) is 6.37. The van der Waals surface area contributed by atoms with Crippen molar-refractivity contribution in [1.29, 1.82) is 0 Å². The van der Waals surface area contributed by atoms with E-state index >= 15 is 0 Å². The van der Waals surface area contributed by atoms with E-state index in [4.69, 9.17) is 5.11 Å². The molecular formula is C9H18N2O3. The van der Waals surface area contributed by atoms with Gasteiger partial charge in [-0.25, -0.2) is 0 Å². The maximum absolute atomic E-state index is 11.3. The highest BCUT2D eigenvalue weighted by molar-refractivity contribution is 5.83.